The van der Waals surface area contributed by atoms with Crippen LogP contribution in [0.15, 0.2) is 54.1 Å². The number of carbonyl (C=O) groups is 1. The summed E-state index contributed by atoms with van der Waals surface area (Å²) in [6.07, 6.45) is 1.95. The zero-order chi connectivity index (χ0) is 16.0. The van der Waals surface area contributed by atoms with Gasteiger partial charge in [0.1, 0.15) is 0 Å². The number of carbonyl (C=O) groups excluding carboxylic acids is 1. The highest BCUT2D eigenvalue weighted by atomic mass is 16.5. The van der Waals surface area contributed by atoms with Crippen molar-refractivity contribution in [3.63, 3.8) is 0 Å². The molecule has 0 radical (unpaired) electrons. The molecule has 0 fully saturated rings. The predicted octanol–water partition coefficient (Wildman–Crippen LogP) is 4.19. The van der Waals surface area contributed by atoms with E-state index >= 15 is 0 Å². The summed E-state index contributed by atoms with van der Waals surface area (Å²) < 4.78 is 7.18. The number of hydrogen-bond acceptors (Lipinski definition) is 2. The number of benzene rings is 2. The molecule has 0 amide bonds. The molecule has 0 saturated heterocycles. The lowest BCUT2D eigenvalue weighted by atomic mass is 9.95. The van der Waals surface area contributed by atoms with Gasteiger partial charge in [-0.1, -0.05) is 42.5 Å². The molecule has 3 aromatic rings. The zero-order valence-electron chi connectivity index (χ0n) is 13.2. The van der Waals surface area contributed by atoms with Gasteiger partial charge in [0.05, 0.1) is 24.7 Å². The maximum absolute atomic E-state index is 12.2. The number of aromatic nitrogens is 1. The Bertz CT molecular complexity index is 963. The van der Waals surface area contributed by atoms with Gasteiger partial charge in [-0.3, -0.25) is 0 Å². The van der Waals surface area contributed by atoms with Crippen LogP contribution in [0.25, 0.3) is 28.1 Å². The van der Waals surface area contributed by atoms with Gasteiger partial charge in [-0.25, -0.2) is 4.79 Å². The predicted molar refractivity (Wildman–Crippen MR) is 92.1 cm³/mol. The van der Waals surface area contributed by atoms with Crippen LogP contribution in [0.4, 0.5) is 0 Å². The average Bonchev–Trinajstić information content (AvgIpc) is 2.87. The molecule has 4 rings (SSSR count). The molecular formula is C20H17NO2. The summed E-state index contributed by atoms with van der Waals surface area (Å²) in [5.41, 5.74) is 6.36. The average molecular weight is 303 g/mol. The SMILES string of the molecule is COC(=O)/C1=C/c2ccccc2-c2cccc3cc(C)n(c23)C1. The molecule has 2 heterocycles. The molecule has 1 aliphatic rings. The van der Waals surface area contributed by atoms with Gasteiger partial charge < -0.3 is 9.30 Å². The lowest BCUT2D eigenvalue weighted by Gasteiger charge is -2.18. The van der Waals surface area contributed by atoms with E-state index in [1.807, 2.05) is 24.3 Å². The molecule has 0 atom stereocenters. The van der Waals surface area contributed by atoms with E-state index in [9.17, 15) is 4.79 Å². The van der Waals surface area contributed by atoms with Crippen molar-refractivity contribution in [1.29, 1.82) is 0 Å². The molecule has 23 heavy (non-hydrogen) atoms. The monoisotopic (exact) mass is 303 g/mol. The van der Waals surface area contributed by atoms with Gasteiger partial charge in [0.25, 0.3) is 0 Å². The van der Waals surface area contributed by atoms with Crippen molar-refractivity contribution in [2.24, 2.45) is 0 Å². The van der Waals surface area contributed by atoms with Crippen molar-refractivity contribution in [1.82, 2.24) is 4.57 Å². The summed E-state index contributed by atoms with van der Waals surface area (Å²) in [6, 6.07) is 16.7. The molecular weight excluding hydrogens is 286 g/mol. The second kappa shape index (κ2) is 5.13. The second-order valence-corrected chi connectivity index (χ2v) is 5.86. The fourth-order valence-electron chi connectivity index (χ4n) is 3.41. The largest absolute Gasteiger partial charge is 0.466 e. The van der Waals surface area contributed by atoms with Gasteiger partial charge >= 0.3 is 5.97 Å². The van der Waals surface area contributed by atoms with Gasteiger partial charge in [0.2, 0.25) is 0 Å². The van der Waals surface area contributed by atoms with Crippen molar-refractivity contribution >= 4 is 22.9 Å². The Balaban J connectivity index is 2.11. The maximum Gasteiger partial charge on any atom is 0.335 e. The quantitative estimate of drug-likeness (QED) is 0.631. The number of para-hydroxylation sites is 1. The Morgan fingerprint density at radius 3 is 2.70 bits per heavy atom. The van der Waals surface area contributed by atoms with E-state index in [0.717, 1.165) is 16.8 Å². The minimum atomic E-state index is -0.277. The van der Waals surface area contributed by atoms with Gasteiger partial charge in [-0.05, 0) is 30.2 Å². The summed E-state index contributed by atoms with van der Waals surface area (Å²) in [6.45, 7) is 2.60. The minimum Gasteiger partial charge on any atom is -0.466 e. The molecule has 2 aromatic carbocycles. The number of rotatable bonds is 1. The number of nitrogens with zero attached hydrogens (tertiary/aromatic N) is 1. The maximum atomic E-state index is 12.2. The van der Waals surface area contributed by atoms with Crippen LogP contribution in [0.2, 0.25) is 0 Å². The van der Waals surface area contributed by atoms with Crippen LogP contribution in [0.1, 0.15) is 11.3 Å². The first kappa shape index (κ1) is 13.8. The van der Waals surface area contributed by atoms with E-state index in [2.05, 4.69) is 41.8 Å². The number of hydrogen-bond donors (Lipinski definition) is 0. The molecule has 0 aliphatic carbocycles. The Kier molecular flexibility index (Phi) is 3.08. The van der Waals surface area contributed by atoms with Crippen LogP contribution in [0.5, 0.6) is 0 Å². The second-order valence-electron chi connectivity index (χ2n) is 5.86. The Morgan fingerprint density at radius 1 is 1.09 bits per heavy atom. The number of fused-ring (bicyclic) bond motifs is 2. The van der Waals surface area contributed by atoms with Gasteiger partial charge in [0.15, 0.2) is 0 Å². The topological polar surface area (TPSA) is 31.2 Å². The number of aryl methyl sites for hydroxylation is 1. The minimum absolute atomic E-state index is 0.277. The third kappa shape index (κ3) is 2.08. The fraction of sp³-hybridized carbons (Fsp3) is 0.150. The molecule has 1 aliphatic heterocycles. The lowest BCUT2D eigenvalue weighted by molar-refractivity contribution is -0.136. The third-order valence-corrected chi connectivity index (χ3v) is 4.48. The van der Waals surface area contributed by atoms with Crippen molar-refractivity contribution < 1.29 is 9.53 Å². The molecule has 3 heteroatoms. The first-order valence-corrected chi connectivity index (χ1v) is 7.66. The van der Waals surface area contributed by atoms with Crippen molar-refractivity contribution in [2.75, 3.05) is 7.11 Å². The Labute approximate surface area is 134 Å². The van der Waals surface area contributed by atoms with Crippen LogP contribution < -0.4 is 0 Å². The van der Waals surface area contributed by atoms with Crippen LogP contribution in [-0.4, -0.2) is 17.6 Å². The van der Waals surface area contributed by atoms with Crippen LogP contribution in [-0.2, 0) is 16.1 Å². The van der Waals surface area contributed by atoms with Crippen molar-refractivity contribution in [2.45, 2.75) is 13.5 Å². The summed E-state index contributed by atoms with van der Waals surface area (Å²) >= 11 is 0. The lowest BCUT2D eigenvalue weighted by Crippen LogP contribution is -2.14. The molecule has 0 N–H and O–H groups in total. The van der Waals surface area contributed by atoms with E-state index in [1.54, 1.807) is 0 Å². The van der Waals surface area contributed by atoms with E-state index < -0.39 is 0 Å². The molecule has 1 aromatic heterocycles. The summed E-state index contributed by atoms with van der Waals surface area (Å²) in [4.78, 5) is 12.2. The van der Waals surface area contributed by atoms with Crippen LogP contribution >= 0.6 is 0 Å². The normalized spacial score (nSPS) is 15.3. The smallest absolute Gasteiger partial charge is 0.335 e. The third-order valence-electron chi connectivity index (χ3n) is 4.48. The number of methoxy groups -OCH3 is 1. The molecule has 0 spiro atoms. The highest BCUT2D eigenvalue weighted by Gasteiger charge is 2.20. The summed E-state index contributed by atoms with van der Waals surface area (Å²) in [5.74, 6) is -0.277. The van der Waals surface area contributed by atoms with Gasteiger partial charge in [0, 0.05) is 16.6 Å². The van der Waals surface area contributed by atoms with E-state index in [1.165, 1.54) is 23.6 Å². The molecule has 0 unspecified atom stereocenters. The molecule has 0 saturated carbocycles. The molecule has 0 bridgehead atoms. The van der Waals surface area contributed by atoms with E-state index in [4.69, 9.17) is 4.74 Å². The highest BCUT2D eigenvalue weighted by molar-refractivity contribution is 6.01. The van der Waals surface area contributed by atoms with Crippen molar-refractivity contribution in [3.8, 4) is 11.1 Å². The number of esters is 1. The van der Waals surface area contributed by atoms with Gasteiger partial charge in [-0.2, -0.15) is 0 Å². The summed E-state index contributed by atoms with van der Waals surface area (Å²) in [5, 5.41) is 1.20. The Hall–Kier alpha value is -2.81. The summed E-state index contributed by atoms with van der Waals surface area (Å²) in [7, 11) is 1.43. The van der Waals surface area contributed by atoms with E-state index in [-0.39, 0.29) is 5.97 Å². The standard InChI is InChI=1S/C20H17NO2/c1-13-10-15-7-5-9-18-17-8-4-3-6-14(17)11-16(20(22)23-2)12-21(13)19(15)18/h3-11H,12H2,1-2H3/b16-11+. The Morgan fingerprint density at radius 2 is 1.87 bits per heavy atom. The fourth-order valence-corrected chi connectivity index (χ4v) is 3.41. The first-order valence-electron chi connectivity index (χ1n) is 7.66. The molecule has 114 valence electrons. The number of ether oxygens (including phenoxy) is 1. The zero-order valence-corrected chi connectivity index (χ0v) is 13.2. The van der Waals surface area contributed by atoms with Crippen molar-refractivity contribution in [3.05, 3.63) is 65.4 Å². The van der Waals surface area contributed by atoms with E-state index in [0.29, 0.717) is 12.1 Å². The molecule has 3 nitrogen and oxygen atoms in total. The van der Waals surface area contributed by atoms with Gasteiger partial charge in [-0.15, -0.1) is 0 Å². The first-order chi connectivity index (χ1) is 11.2. The highest BCUT2D eigenvalue weighted by Crippen LogP contribution is 2.36. The van der Waals surface area contributed by atoms with Crippen LogP contribution in [0, 0.1) is 6.92 Å². The van der Waals surface area contributed by atoms with Crippen LogP contribution in [0.3, 0.4) is 0 Å².